The van der Waals surface area contributed by atoms with Crippen LogP contribution in [0.4, 0.5) is 0 Å². The Labute approximate surface area is 123 Å². The largest absolute Gasteiger partial charge is 0.309 e. The summed E-state index contributed by atoms with van der Waals surface area (Å²) in [6.07, 6.45) is 1.26. The molecule has 0 spiro atoms. The lowest BCUT2D eigenvalue weighted by Gasteiger charge is -2.07. The van der Waals surface area contributed by atoms with Gasteiger partial charge in [-0.1, -0.05) is 58.4 Å². The summed E-state index contributed by atoms with van der Waals surface area (Å²) in [6, 6.07) is 18.0. The molecule has 2 atom stereocenters. The van der Waals surface area contributed by atoms with Crippen LogP contribution in [0.15, 0.2) is 53.0 Å². The van der Waals surface area contributed by atoms with E-state index in [1.54, 1.807) is 0 Å². The van der Waals surface area contributed by atoms with Crippen LogP contribution in [-0.2, 0) is 6.54 Å². The van der Waals surface area contributed by atoms with Gasteiger partial charge >= 0.3 is 0 Å². The Kier molecular flexibility index (Phi) is 3.72. The molecule has 19 heavy (non-hydrogen) atoms. The first kappa shape index (κ1) is 12.9. The number of hydrogen-bond acceptors (Lipinski definition) is 1. The second kappa shape index (κ2) is 5.48. The minimum Gasteiger partial charge on any atom is -0.309 e. The van der Waals surface area contributed by atoms with E-state index in [1.165, 1.54) is 27.6 Å². The van der Waals surface area contributed by atoms with Crippen LogP contribution in [0.1, 0.15) is 29.0 Å². The fourth-order valence-electron chi connectivity index (χ4n) is 2.53. The van der Waals surface area contributed by atoms with Crippen LogP contribution >= 0.6 is 15.9 Å². The van der Waals surface area contributed by atoms with E-state index in [4.69, 9.17) is 0 Å². The van der Waals surface area contributed by atoms with Gasteiger partial charge in [0.05, 0.1) is 0 Å². The second-order valence-corrected chi connectivity index (χ2v) is 6.19. The Morgan fingerprint density at radius 2 is 1.95 bits per heavy atom. The van der Waals surface area contributed by atoms with Gasteiger partial charge in [-0.3, -0.25) is 0 Å². The summed E-state index contributed by atoms with van der Waals surface area (Å²) in [6.45, 7) is 3.06. The summed E-state index contributed by atoms with van der Waals surface area (Å²) in [5.41, 5.74) is 4.09. The number of hydrogen-bond donors (Lipinski definition) is 1. The van der Waals surface area contributed by atoms with Crippen LogP contribution in [0.5, 0.6) is 0 Å². The minimum absolute atomic E-state index is 0.635. The van der Waals surface area contributed by atoms with Crippen LogP contribution in [0.3, 0.4) is 0 Å². The zero-order valence-electron chi connectivity index (χ0n) is 11.1. The van der Waals surface area contributed by atoms with E-state index < -0.39 is 0 Å². The molecule has 1 N–H and O–H groups in total. The average molecular weight is 316 g/mol. The maximum atomic E-state index is 3.65. The molecule has 0 heterocycles. The number of aryl methyl sites for hydroxylation is 1. The molecule has 0 radical (unpaired) electrons. The van der Waals surface area contributed by atoms with Gasteiger partial charge in [0.15, 0.2) is 0 Å². The van der Waals surface area contributed by atoms with Gasteiger partial charge in [-0.25, -0.2) is 0 Å². The molecule has 2 unspecified atom stereocenters. The smallest absolute Gasteiger partial charge is 0.0222 e. The first-order chi connectivity index (χ1) is 9.24. The maximum absolute atomic E-state index is 3.65. The Balaban J connectivity index is 1.57. The SMILES string of the molecule is Cc1ccc(CNC2CC2c2ccccc2)c(Br)c1. The molecule has 1 fully saturated rings. The molecule has 98 valence electrons. The van der Waals surface area contributed by atoms with Crippen LogP contribution in [0, 0.1) is 6.92 Å². The second-order valence-electron chi connectivity index (χ2n) is 5.34. The first-order valence-corrected chi connectivity index (χ1v) is 7.56. The van der Waals surface area contributed by atoms with Crippen molar-refractivity contribution in [1.82, 2.24) is 5.32 Å². The van der Waals surface area contributed by atoms with Crippen molar-refractivity contribution in [1.29, 1.82) is 0 Å². The molecule has 1 nitrogen and oxygen atoms in total. The summed E-state index contributed by atoms with van der Waals surface area (Å²) < 4.78 is 1.21. The van der Waals surface area contributed by atoms with Crippen molar-refractivity contribution in [3.8, 4) is 0 Å². The lowest BCUT2D eigenvalue weighted by atomic mass is 10.1. The van der Waals surface area contributed by atoms with Crippen molar-refractivity contribution in [2.24, 2.45) is 0 Å². The first-order valence-electron chi connectivity index (χ1n) is 6.77. The third-order valence-corrected chi connectivity index (χ3v) is 4.52. The van der Waals surface area contributed by atoms with Gasteiger partial charge in [-0.2, -0.15) is 0 Å². The Morgan fingerprint density at radius 1 is 1.16 bits per heavy atom. The van der Waals surface area contributed by atoms with Gasteiger partial charge in [-0.15, -0.1) is 0 Å². The van der Waals surface area contributed by atoms with Crippen molar-refractivity contribution < 1.29 is 0 Å². The van der Waals surface area contributed by atoms with Crippen molar-refractivity contribution in [2.45, 2.75) is 31.8 Å². The van der Waals surface area contributed by atoms with E-state index in [1.807, 2.05) is 0 Å². The van der Waals surface area contributed by atoms with Crippen LogP contribution in [-0.4, -0.2) is 6.04 Å². The van der Waals surface area contributed by atoms with Gasteiger partial charge in [0, 0.05) is 23.0 Å². The number of rotatable bonds is 4. The standard InChI is InChI=1S/C17H18BrN/c1-12-7-8-14(16(18)9-12)11-19-17-10-15(17)13-5-3-2-4-6-13/h2-9,15,17,19H,10-11H2,1H3. The quantitative estimate of drug-likeness (QED) is 0.881. The molecule has 2 heteroatoms. The van der Waals surface area contributed by atoms with Crippen molar-refractivity contribution in [3.05, 3.63) is 69.7 Å². The van der Waals surface area contributed by atoms with Crippen molar-refractivity contribution in [2.75, 3.05) is 0 Å². The summed E-state index contributed by atoms with van der Waals surface area (Å²) in [5.74, 6) is 0.699. The van der Waals surface area contributed by atoms with E-state index in [2.05, 4.69) is 76.7 Å². The molecule has 0 saturated heterocycles. The van der Waals surface area contributed by atoms with Gasteiger partial charge < -0.3 is 5.32 Å². The third-order valence-electron chi connectivity index (χ3n) is 3.78. The molecule has 0 aliphatic heterocycles. The molecule has 0 bridgehead atoms. The van der Waals surface area contributed by atoms with Gasteiger partial charge in [0.25, 0.3) is 0 Å². The minimum atomic E-state index is 0.635. The highest BCUT2D eigenvalue weighted by Crippen LogP contribution is 2.40. The number of halogens is 1. The third kappa shape index (κ3) is 3.07. The van der Waals surface area contributed by atoms with Gasteiger partial charge in [0.1, 0.15) is 0 Å². The zero-order chi connectivity index (χ0) is 13.2. The van der Waals surface area contributed by atoms with Gasteiger partial charge in [0.2, 0.25) is 0 Å². The Bertz CT molecular complexity index is 565. The Hall–Kier alpha value is -1.12. The van der Waals surface area contributed by atoms with E-state index in [0.29, 0.717) is 12.0 Å². The predicted molar refractivity (Wildman–Crippen MR) is 83.3 cm³/mol. The van der Waals surface area contributed by atoms with Crippen molar-refractivity contribution in [3.63, 3.8) is 0 Å². The molecule has 2 aromatic rings. The summed E-state index contributed by atoms with van der Waals surface area (Å²) in [4.78, 5) is 0. The fraction of sp³-hybridized carbons (Fsp3) is 0.294. The van der Waals surface area contributed by atoms with E-state index in [-0.39, 0.29) is 0 Å². The highest BCUT2D eigenvalue weighted by atomic mass is 79.9. The zero-order valence-corrected chi connectivity index (χ0v) is 12.7. The van der Waals surface area contributed by atoms with Crippen LogP contribution in [0.25, 0.3) is 0 Å². The molecule has 1 aliphatic carbocycles. The number of nitrogens with one attached hydrogen (secondary N) is 1. The molecule has 0 amide bonds. The lowest BCUT2D eigenvalue weighted by Crippen LogP contribution is -2.17. The maximum Gasteiger partial charge on any atom is 0.0222 e. The predicted octanol–water partition coefficient (Wildman–Crippen LogP) is 4.40. The monoisotopic (exact) mass is 315 g/mol. The molecular weight excluding hydrogens is 298 g/mol. The Morgan fingerprint density at radius 3 is 2.68 bits per heavy atom. The molecular formula is C17H18BrN. The molecule has 2 aromatic carbocycles. The van der Waals surface area contributed by atoms with Crippen molar-refractivity contribution >= 4 is 15.9 Å². The summed E-state index contributed by atoms with van der Waals surface area (Å²) in [7, 11) is 0. The molecule has 3 rings (SSSR count). The van der Waals surface area contributed by atoms with E-state index in [9.17, 15) is 0 Å². The van der Waals surface area contributed by atoms with E-state index in [0.717, 1.165) is 6.54 Å². The lowest BCUT2D eigenvalue weighted by molar-refractivity contribution is 0.671. The average Bonchev–Trinajstić information content (AvgIpc) is 3.18. The highest BCUT2D eigenvalue weighted by molar-refractivity contribution is 9.10. The van der Waals surface area contributed by atoms with E-state index >= 15 is 0 Å². The summed E-state index contributed by atoms with van der Waals surface area (Å²) >= 11 is 3.64. The topological polar surface area (TPSA) is 12.0 Å². The molecule has 1 aliphatic rings. The van der Waals surface area contributed by atoms with Gasteiger partial charge in [-0.05, 0) is 36.1 Å². The molecule has 1 saturated carbocycles. The van der Waals surface area contributed by atoms with Crippen LogP contribution in [0.2, 0.25) is 0 Å². The summed E-state index contributed by atoms with van der Waals surface area (Å²) in [5, 5.41) is 3.65. The highest BCUT2D eigenvalue weighted by Gasteiger charge is 2.37. The molecule has 0 aromatic heterocycles. The normalized spacial score (nSPS) is 21.4. The number of benzene rings is 2. The van der Waals surface area contributed by atoms with Crippen LogP contribution < -0.4 is 5.32 Å². The fourth-order valence-corrected chi connectivity index (χ4v) is 3.16.